The Balaban J connectivity index is 2.37. The third kappa shape index (κ3) is 2.04. The maximum Gasteiger partial charge on any atom is 0.259 e. The highest BCUT2D eigenvalue weighted by atomic mass is 32.1. The molecule has 0 fully saturated rings. The Kier molecular flexibility index (Phi) is 2.31. The molecule has 3 nitrogen and oxygen atoms in total. The van der Waals surface area contributed by atoms with Gasteiger partial charge in [0.15, 0.2) is 11.5 Å². The first-order valence-corrected chi connectivity index (χ1v) is 5.17. The fourth-order valence-corrected chi connectivity index (χ4v) is 1.87. The van der Waals surface area contributed by atoms with Crippen molar-refractivity contribution in [2.45, 2.75) is 25.9 Å². The SMILES string of the molecule is CC1(C)Cc2cccc(OC(N)=S)c2O1. The van der Waals surface area contributed by atoms with Gasteiger partial charge in [0.1, 0.15) is 5.60 Å². The van der Waals surface area contributed by atoms with Crippen LogP contribution >= 0.6 is 12.2 Å². The molecule has 0 amide bonds. The molecule has 0 atom stereocenters. The van der Waals surface area contributed by atoms with Gasteiger partial charge < -0.3 is 15.2 Å². The molecule has 0 bridgehead atoms. The fourth-order valence-electron chi connectivity index (χ4n) is 1.78. The molecule has 0 aliphatic carbocycles. The lowest BCUT2D eigenvalue weighted by molar-refractivity contribution is 0.135. The van der Waals surface area contributed by atoms with Crippen LogP contribution in [-0.2, 0) is 6.42 Å². The van der Waals surface area contributed by atoms with E-state index in [1.54, 1.807) is 6.07 Å². The van der Waals surface area contributed by atoms with Gasteiger partial charge in [-0.25, -0.2) is 0 Å². The van der Waals surface area contributed by atoms with Crippen molar-refractivity contribution in [3.63, 3.8) is 0 Å². The van der Waals surface area contributed by atoms with Crippen molar-refractivity contribution in [2.75, 3.05) is 0 Å². The van der Waals surface area contributed by atoms with Crippen molar-refractivity contribution in [3.8, 4) is 11.5 Å². The maximum absolute atomic E-state index is 5.79. The van der Waals surface area contributed by atoms with Crippen LogP contribution in [-0.4, -0.2) is 10.8 Å². The molecule has 1 aromatic rings. The van der Waals surface area contributed by atoms with Crippen molar-refractivity contribution in [1.29, 1.82) is 0 Å². The summed E-state index contributed by atoms with van der Waals surface area (Å²) in [5, 5.41) is 0.0108. The Bertz CT molecular complexity index is 415. The molecule has 4 heteroatoms. The normalized spacial score (nSPS) is 16.7. The monoisotopic (exact) mass is 223 g/mol. The van der Waals surface area contributed by atoms with Crippen LogP contribution in [0.3, 0.4) is 0 Å². The molecule has 1 aromatic carbocycles. The predicted molar refractivity (Wildman–Crippen MR) is 62.3 cm³/mol. The number of rotatable bonds is 1. The Morgan fingerprint density at radius 2 is 2.27 bits per heavy atom. The standard InChI is InChI=1S/C11H13NO2S/c1-11(2)6-7-4-3-5-8(9(7)14-11)13-10(12)15/h3-5H,6H2,1-2H3,(H2,12,15). The topological polar surface area (TPSA) is 44.5 Å². The van der Waals surface area contributed by atoms with Gasteiger partial charge in [-0.15, -0.1) is 0 Å². The van der Waals surface area contributed by atoms with E-state index in [2.05, 4.69) is 0 Å². The van der Waals surface area contributed by atoms with Crippen LogP contribution in [0.2, 0.25) is 0 Å². The lowest BCUT2D eigenvalue weighted by Crippen LogP contribution is -2.25. The minimum atomic E-state index is -0.183. The van der Waals surface area contributed by atoms with Gasteiger partial charge in [0, 0.05) is 12.0 Å². The average molecular weight is 223 g/mol. The molecule has 0 aromatic heterocycles. The maximum atomic E-state index is 5.79. The van der Waals surface area contributed by atoms with Crippen molar-refractivity contribution < 1.29 is 9.47 Å². The third-order valence-corrected chi connectivity index (χ3v) is 2.35. The number of hydrogen-bond acceptors (Lipinski definition) is 3. The lowest BCUT2D eigenvalue weighted by atomic mass is 10.0. The second kappa shape index (κ2) is 3.38. The summed E-state index contributed by atoms with van der Waals surface area (Å²) in [7, 11) is 0. The Morgan fingerprint density at radius 1 is 1.53 bits per heavy atom. The van der Waals surface area contributed by atoms with Crippen molar-refractivity contribution in [1.82, 2.24) is 0 Å². The molecule has 15 heavy (non-hydrogen) atoms. The summed E-state index contributed by atoms with van der Waals surface area (Å²) in [5.74, 6) is 1.36. The van der Waals surface area contributed by atoms with Gasteiger partial charge in [-0.1, -0.05) is 12.1 Å². The molecular formula is C11H13NO2S. The molecule has 0 saturated heterocycles. The van der Waals surface area contributed by atoms with Crippen molar-refractivity contribution in [2.24, 2.45) is 5.73 Å². The third-order valence-electron chi connectivity index (χ3n) is 2.27. The van der Waals surface area contributed by atoms with Crippen LogP contribution in [0.25, 0.3) is 0 Å². The molecule has 2 rings (SSSR count). The zero-order valence-corrected chi connectivity index (χ0v) is 9.56. The molecule has 1 heterocycles. The molecule has 0 spiro atoms. The zero-order valence-electron chi connectivity index (χ0n) is 8.74. The number of ether oxygens (including phenoxy) is 2. The van der Waals surface area contributed by atoms with E-state index in [1.165, 1.54) is 0 Å². The van der Waals surface area contributed by atoms with E-state index < -0.39 is 0 Å². The first-order chi connectivity index (χ1) is 6.98. The van der Waals surface area contributed by atoms with Crippen molar-refractivity contribution in [3.05, 3.63) is 23.8 Å². The lowest BCUT2D eigenvalue weighted by Gasteiger charge is -2.17. The first kappa shape index (κ1) is 10.2. The second-order valence-electron chi connectivity index (χ2n) is 4.20. The number of hydrogen-bond donors (Lipinski definition) is 1. The van der Waals surface area contributed by atoms with Crippen LogP contribution in [0.1, 0.15) is 19.4 Å². The summed E-state index contributed by atoms with van der Waals surface area (Å²) in [5.41, 5.74) is 6.29. The van der Waals surface area contributed by atoms with E-state index in [1.807, 2.05) is 26.0 Å². The average Bonchev–Trinajstić information content (AvgIpc) is 2.39. The Morgan fingerprint density at radius 3 is 2.93 bits per heavy atom. The predicted octanol–water partition coefficient (Wildman–Crippen LogP) is 2.02. The number of benzene rings is 1. The highest BCUT2D eigenvalue weighted by molar-refractivity contribution is 7.80. The minimum Gasteiger partial charge on any atom is -0.483 e. The number of fused-ring (bicyclic) bond motifs is 1. The minimum absolute atomic E-state index is 0.0108. The van der Waals surface area contributed by atoms with E-state index in [4.69, 9.17) is 27.4 Å². The van der Waals surface area contributed by atoms with Gasteiger partial charge in [-0.3, -0.25) is 0 Å². The largest absolute Gasteiger partial charge is 0.483 e. The molecule has 80 valence electrons. The summed E-state index contributed by atoms with van der Waals surface area (Å²) < 4.78 is 11.0. The van der Waals surface area contributed by atoms with Gasteiger partial charge in [0.05, 0.1) is 0 Å². The summed E-state index contributed by atoms with van der Waals surface area (Å²) in [4.78, 5) is 0. The van der Waals surface area contributed by atoms with Gasteiger partial charge in [0.2, 0.25) is 0 Å². The van der Waals surface area contributed by atoms with E-state index >= 15 is 0 Å². The fraction of sp³-hybridized carbons (Fsp3) is 0.364. The van der Waals surface area contributed by atoms with Crippen molar-refractivity contribution >= 4 is 17.4 Å². The van der Waals surface area contributed by atoms with Gasteiger partial charge >= 0.3 is 0 Å². The van der Waals surface area contributed by atoms with Crippen LogP contribution in [0.5, 0.6) is 11.5 Å². The number of thiocarbonyl (C=S) groups is 1. The van der Waals surface area contributed by atoms with Crippen LogP contribution in [0.4, 0.5) is 0 Å². The molecule has 0 saturated carbocycles. The summed E-state index contributed by atoms with van der Waals surface area (Å²) in [6, 6.07) is 5.74. The molecule has 1 aliphatic heterocycles. The molecular weight excluding hydrogens is 210 g/mol. The van der Waals surface area contributed by atoms with Crippen LogP contribution in [0, 0.1) is 0 Å². The van der Waals surface area contributed by atoms with Gasteiger partial charge in [0.25, 0.3) is 5.17 Å². The quantitative estimate of drug-likeness (QED) is 0.740. The summed E-state index contributed by atoms with van der Waals surface area (Å²) in [6.07, 6.45) is 0.872. The molecule has 0 radical (unpaired) electrons. The smallest absolute Gasteiger partial charge is 0.259 e. The first-order valence-electron chi connectivity index (χ1n) is 4.76. The van der Waals surface area contributed by atoms with Crippen LogP contribution in [0.15, 0.2) is 18.2 Å². The number of para-hydroxylation sites is 1. The molecule has 1 aliphatic rings. The zero-order chi connectivity index (χ0) is 11.1. The number of nitrogens with two attached hydrogens (primary N) is 1. The highest BCUT2D eigenvalue weighted by Crippen LogP contribution is 2.41. The van der Waals surface area contributed by atoms with Gasteiger partial charge in [-0.2, -0.15) is 0 Å². The van der Waals surface area contributed by atoms with E-state index in [9.17, 15) is 0 Å². The summed E-state index contributed by atoms with van der Waals surface area (Å²) in [6.45, 7) is 4.08. The molecule has 2 N–H and O–H groups in total. The van der Waals surface area contributed by atoms with Gasteiger partial charge in [-0.05, 0) is 32.1 Å². The second-order valence-corrected chi connectivity index (χ2v) is 4.61. The van der Waals surface area contributed by atoms with Crippen LogP contribution < -0.4 is 15.2 Å². The van der Waals surface area contributed by atoms with E-state index in [0.717, 1.165) is 17.7 Å². The molecule has 0 unspecified atom stereocenters. The van der Waals surface area contributed by atoms with E-state index in [-0.39, 0.29) is 10.8 Å². The Hall–Kier alpha value is -1.29. The Labute approximate surface area is 94.2 Å². The highest BCUT2D eigenvalue weighted by Gasteiger charge is 2.32. The van der Waals surface area contributed by atoms with E-state index in [0.29, 0.717) is 5.75 Å². The summed E-state index contributed by atoms with van der Waals surface area (Å²) >= 11 is 4.71.